The van der Waals surface area contributed by atoms with Crippen molar-refractivity contribution in [2.75, 3.05) is 39.4 Å². The predicted octanol–water partition coefficient (Wildman–Crippen LogP) is 2.11. The summed E-state index contributed by atoms with van der Waals surface area (Å²) < 4.78 is 7.53. The molecule has 1 amide bonds. The molecule has 144 valence electrons. The molecule has 2 saturated heterocycles. The third kappa shape index (κ3) is 3.54. The Kier molecular flexibility index (Phi) is 5.60. The van der Waals surface area contributed by atoms with Crippen LogP contribution in [0.3, 0.4) is 0 Å². The van der Waals surface area contributed by atoms with Gasteiger partial charge in [0.1, 0.15) is 0 Å². The van der Waals surface area contributed by atoms with Gasteiger partial charge in [0.05, 0.1) is 13.2 Å². The first-order chi connectivity index (χ1) is 12.8. The number of likely N-dealkylation sites (tertiary alicyclic amines) is 1. The van der Waals surface area contributed by atoms with Crippen LogP contribution in [0.2, 0.25) is 0 Å². The Balaban J connectivity index is 1.59. The third-order valence-corrected chi connectivity index (χ3v) is 6.16. The van der Waals surface area contributed by atoms with E-state index in [0.717, 1.165) is 31.5 Å². The number of hydrogen-bond donors (Lipinski definition) is 0. The van der Waals surface area contributed by atoms with E-state index in [1.54, 1.807) is 0 Å². The summed E-state index contributed by atoms with van der Waals surface area (Å²) in [6.45, 7) is 8.17. The minimum Gasteiger partial charge on any atom is -0.378 e. The van der Waals surface area contributed by atoms with Crippen molar-refractivity contribution in [1.82, 2.24) is 19.6 Å². The molecular formula is C20H32N4O2. The molecule has 6 nitrogen and oxygen atoms in total. The lowest BCUT2D eigenvalue weighted by Crippen LogP contribution is -2.43. The van der Waals surface area contributed by atoms with Crippen LogP contribution >= 0.6 is 0 Å². The van der Waals surface area contributed by atoms with Gasteiger partial charge in [-0.15, -0.1) is 0 Å². The van der Waals surface area contributed by atoms with Crippen LogP contribution < -0.4 is 0 Å². The monoisotopic (exact) mass is 360 g/mol. The molecule has 0 radical (unpaired) electrons. The molecule has 3 heterocycles. The predicted molar refractivity (Wildman–Crippen MR) is 100 cm³/mol. The molecule has 1 unspecified atom stereocenters. The van der Waals surface area contributed by atoms with E-state index in [9.17, 15) is 4.79 Å². The Labute approximate surface area is 156 Å². The fraction of sp³-hybridized carbons (Fsp3) is 0.800. The Morgan fingerprint density at radius 1 is 1.15 bits per heavy atom. The quantitative estimate of drug-likeness (QED) is 0.825. The molecule has 26 heavy (non-hydrogen) atoms. The van der Waals surface area contributed by atoms with Crippen molar-refractivity contribution < 1.29 is 9.53 Å². The first-order valence-electron chi connectivity index (χ1n) is 10.5. The van der Waals surface area contributed by atoms with E-state index in [0.29, 0.717) is 32.3 Å². The van der Waals surface area contributed by atoms with Crippen LogP contribution in [0, 0.1) is 0 Å². The molecule has 0 N–H and O–H groups in total. The lowest BCUT2D eigenvalue weighted by atomic mass is 9.89. The fourth-order valence-electron chi connectivity index (χ4n) is 4.75. The van der Waals surface area contributed by atoms with Gasteiger partial charge in [0.25, 0.3) is 5.91 Å². The number of rotatable bonds is 4. The number of carbonyl (C=O) groups excluding carboxylic acids is 1. The zero-order chi connectivity index (χ0) is 17.9. The molecule has 2 aliphatic heterocycles. The van der Waals surface area contributed by atoms with E-state index in [-0.39, 0.29) is 5.91 Å². The molecule has 0 bridgehead atoms. The van der Waals surface area contributed by atoms with Crippen molar-refractivity contribution in [3.63, 3.8) is 0 Å². The highest BCUT2D eigenvalue weighted by Gasteiger charge is 2.33. The largest absolute Gasteiger partial charge is 0.378 e. The van der Waals surface area contributed by atoms with Gasteiger partial charge in [0, 0.05) is 36.9 Å². The van der Waals surface area contributed by atoms with E-state index >= 15 is 0 Å². The van der Waals surface area contributed by atoms with Crippen LogP contribution in [0.1, 0.15) is 60.8 Å². The number of morpholine rings is 1. The van der Waals surface area contributed by atoms with E-state index in [4.69, 9.17) is 9.84 Å². The number of ether oxygens (including phenoxy) is 1. The summed E-state index contributed by atoms with van der Waals surface area (Å²) in [7, 11) is 0. The smallest absolute Gasteiger partial charge is 0.274 e. The van der Waals surface area contributed by atoms with Crippen molar-refractivity contribution in [2.24, 2.45) is 0 Å². The molecule has 0 spiro atoms. The van der Waals surface area contributed by atoms with Gasteiger partial charge in [0.15, 0.2) is 5.69 Å². The lowest BCUT2D eigenvalue weighted by molar-refractivity contribution is 0.0297. The lowest BCUT2D eigenvalue weighted by Gasteiger charge is -2.37. The number of carbonyl (C=O) groups is 1. The fourth-order valence-corrected chi connectivity index (χ4v) is 4.75. The minimum atomic E-state index is 0.110. The molecule has 1 aromatic rings. The molecule has 1 aromatic heterocycles. The summed E-state index contributed by atoms with van der Waals surface area (Å²) in [4.78, 5) is 17.7. The average molecular weight is 361 g/mol. The standard InChI is InChI=1S/C20H32N4O2/c1-2-8-24-18-7-6-16(22-9-4-3-5-10-22)15-17(18)19(21-24)20(25)23-11-13-26-14-12-23/h16H,2-15H2,1H3. The van der Waals surface area contributed by atoms with Gasteiger partial charge in [-0.25, -0.2) is 0 Å². The van der Waals surface area contributed by atoms with Crippen molar-refractivity contribution in [3.05, 3.63) is 17.0 Å². The highest BCUT2D eigenvalue weighted by atomic mass is 16.5. The van der Waals surface area contributed by atoms with E-state index in [2.05, 4.69) is 16.5 Å². The van der Waals surface area contributed by atoms with Crippen molar-refractivity contribution in [2.45, 2.75) is 64.5 Å². The highest BCUT2D eigenvalue weighted by molar-refractivity contribution is 5.94. The average Bonchev–Trinajstić information content (AvgIpc) is 3.07. The van der Waals surface area contributed by atoms with Crippen LogP contribution in [0.15, 0.2) is 0 Å². The Hall–Kier alpha value is -1.40. The van der Waals surface area contributed by atoms with Crippen molar-refractivity contribution >= 4 is 5.91 Å². The molecule has 1 atom stereocenters. The molecule has 2 fully saturated rings. The van der Waals surface area contributed by atoms with Crippen molar-refractivity contribution in [3.8, 4) is 0 Å². The normalized spacial score (nSPS) is 24.5. The first-order valence-corrected chi connectivity index (χ1v) is 10.5. The molecule has 4 rings (SSSR count). The summed E-state index contributed by atoms with van der Waals surface area (Å²) in [5.74, 6) is 0.110. The Morgan fingerprint density at radius 2 is 1.92 bits per heavy atom. The number of piperidine rings is 1. The highest BCUT2D eigenvalue weighted by Crippen LogP contribution is 2.30. The van der Waals surface area contributed by atoms with E-state index in [1.807, 2.05) is 4.90 Å². The second kappa shape index (κ2) is 8.09. The molecule has 1 aliphatic carbocycles. The second-order valence-electron chi connectivity index (χ2n) is 7.89. The van der Waals surface area contributed by atoms with Gasteiger partial charge in [-0.2, -0.15) is 5.10 Å². The van der Waals surface area contributed by atoms with Gasteiger partial charge < -0.3 is 14.5 Å². The van der Waals surface area contributed by atoms with Crippen LogP contribution in [-0.4, -0.2) is 70.9 Å². The second-order valence-corrected chi connectivity index (χ2v) is 7.89. The van der Waals surface area contributed by atoms with Gasteiger partial charge >= 0.3 is 0 Å². The summed E-state index contributed by atoms with van der Waals surface area (Å²) in [5.41, 5.74) is 3.27. The number of amides is 1. The summed E-state index contributed by atoms with van der Waals surface area (Å²) in [6.07, 6.45) is 8.30. The van der Waals surface area contributed by atoms with Crippen LogP contribution in [-0.2, 0) is 24.1 Å². The van der Waals surface area contributed by atoms with Gasteiger partial charge in [-0.05, 0) is 51.6 Å². The van der Waals surface area contributed by atoms with Crippen LogP contribution in [0.4, 0.5) is 0 Å². The number of fused-ring (bicyclic) bond motifs is 1. The zero-order valence-electron chi connectivity index (χ0n) is 16.1. The maximum absolute atomic E-state index is 13.2. The topological polar surface area (TPSA) is 50.6 Å². The zero-order valence-corrected chi connectivity index (χ0v) is 16.1. The van der Waals surface area contributed by atoms with Gasteiger partial charge in [-0.3, -0.25) is 9.48 Å². The summed E-state index contributed by atoms with van der Waals surface area (Å²) >= 11 is 0. The third-order valence-electron chi connectivity index (χ3n) is 6.16. The van der Waals surface area contributed by atoms with E-state index in [1.165, 1.54) is 50.0 Å². The molecule has 3 aliphatic rings. The number of nitrogens with zero attached hydrogens (tertiary/aromatic N) is 4. The number of hydrogen-bond acceptors (Lipinski definition) is 4. The summed E-state index contributed by atoms with van der Waals surface area (Å²) in [6, 6.07) is 0.582. The summed E-state index contributed by atoms with van der Waals surface area (Å²) in [5, 5.41) is 4.80. The molecule has 6 heteroatoms. The maximum atomic E-state index is 13.2. The number of aromatic nitrogens is 2. The number of aryl methyl sites for hydroxylation is 1. The molecule has 0 aromatic carbocycles. The van der Waals surface area contributed by atoms with E-state index < -0.39 is 0 Å². The van der Waals surface area contributed by atoms with Crippen LogP contribution in [0.25, 0.3) is 0 Å². The molecule has 0 saturated carbocycles. The van der Waals surface area contributed by atoms with Crippen LogP contribution in [0.5, 0.6) is 0 Å². The minimum absolute atomic E-state index is 0.110. The molecular weight excluding hydrogens is 328 g/mol. The first kappa shape index (κ1) is 18.0. The Morgan fingerprint density at radius 3 is 2.65 bits per heavy atom. The maximum Gasteiger partial charge on any atom is 0.274 e. The van der Waals surface area contributed by atoms with Gasteiger partial charge in [0.2, 0.25) is 0 Å². The Bertz CT molecular complexity index is 630. The van der Waals surface area contributed by atoms with Crippen molar-refractivity contribution in [1.29, 1.82) is 0 Å². The van der Waals surface area contributed by atoms with Gasteiger partial charge in [-0.1, -0.05) is 13.3 Å². The SMILES string of the molecule is CCCn1nc(C(=O)N2CCOCC2)c2c1CCC(N1CCCCC1)C2.